The molecule has 2 aromatic carbocycles. The maximum Gasteiger partial charge on any atom is 0.0557 e. The summed E-state index contributed by atoms with van der Waals surface area (Å²) >= 11 is 1.81. The summed E-state index contributed by atoms with van der Waals surface area (Å²) in [6, 6.07) is 11.9. The Morgan fingerprint density at radius 2 is 1.91 bits per heavy atom. The molecule has 0 saturated heterocycles. The van der Waals surface area contributed by atoms with Gasteiger partial charge in [-0.1, -0.05) is 32.0 Å². The Kier molecular flexibility index (Phi) is 3.86. The van der Waals surface area contributed by atoms with Crippen LogP contribution in [0.4, 0.5) is 5.69 Å². The molecule has 23 heavy (non-hydrogen) atoms. The number of benzene rings is 2. The van der Waals surface area contributed by atoms with E-state index in [-0.39, 0.29) is 0 Å². The summed E-state index contributed by atoms with van der Waals surface area (Å²) in [6.07, 6.45) is 3.23. The lowest BCUT2D eigenvalue weighted by Crippen LogP contribution is -2.12. The van der Waals surface area contributed by atoms with Crippen molar-refractivity contribution in [3.05, 3.63) is 58.1 Å². The lowest BCUT2D eigenvalue weighted by Gasteiger charge is -2.22. The third-order valence-electron chi connectivity index (χ3n) is 5.13. The third kappa shape index (κ3) is 2.56. The molecular formula is C20H24N2S. The molecule has 0 spiro atoms. The standard InChI is InChI=1S/C20H24N2S/c1-12(2)20-16(7-5-14-10-21-11-17(14)20)19-8-13-4-6-15(23-3)9-18(13)22-19/h4-7,9,12,19,21-22H,8,10-11H2,1-3H3. The average Bonchev–Trinajstić information content (AvgIpc) is 3.18. The lowest BCUT2D eigenvalue weighted by atomic mass is 9.86. The fourth-order valence-corrected chi connectivity index (χ4v) is 4.49. The predicted molar refractivity (Wildman–Crippen MR) is 99.4 cm³/mol. The van der Waals surface area contributed by atoms with E-state index >= 15 is 0 Å². The molecule has 1 atom stereocenters. The number of thioether (sulfide) groups is 1. The molecule has 3 heteroatoms. The summed E-state index contributed by atoms with van der Waals surface area (Å²) in [5.41, 5.74) is 8.83. The van der Waals surface area contributed by atoms with Crippen molar-refractivity contribution in [1.82, 2.24) is 5.32 Å². The SMILES string of the molecule is CSc1ccc2c(c1)NC(c1ccc3c(c1C(C)C)CNC3)C2. The lowest BCUT2D eigenvalue weighted by molar-refractivity contribution is 0.739. The van der Waals surface area contributed by atoms with E-state index in [1.807, 2.05) is 11.8 Å². The summed E-state index contributed by atoms with van der Waals surface area (Å²) in [5, 5.41) is 7.29. The second kappa shape index (κ2) is 5.88. The maximum atomic E-state index is 3.78. The van der Waals surface area contributed by atoms with E-state index in [1.54, 1.807) is 11.1 Å². The first-order valence-corrected chi connectivity index (χ1v) is 9.68. The zero-order chi connectivity index (χ0) is 16.0. The van der Waals surface area contributed by atoms with Crippen LogP contribution in [-0.4, -0.2) is 6.26 Å². The van der Waals surface area contributed by atoms with Crippen LogP contribution in [0.25, 0.3) is 0 Å². The number of nitrogens with one attached hydrogen (secondary N) is 2. The molecule has 120 valence electrons. The van der Waals surface area contributed by atoms with Crippen LogP contribution in [0.2, 0.25) is 0 Å². The molecular weight excluding hydrogens is 300 g/mol. The number of anilines is 1. The Labute approximate surface area is 143 Å². The second-order valence-corrected chi connectivity index (χ2v) is 7.77. The summed E-state index contributed by atoms with van der Waals surface area (Å²) in [5.74, 6) is 0.562. The Morgan fingerprint density at radius 3 is 2.70 bits per heavy atom. The van der Waals surface area contributed by atoms with Crippen molar-refractivity contribution >= 4 is 17.4 Å². The van der Waals surface area contributed by atoms with Crippen molar-refractivity contribution in [2.45, 2.75) is 50.2 Å². The van der Waals surface area contributed by atoms with E-state index in [2.05, 4.69) is 61.1 Å². The van der Waals surface area contributed by atoms with Crippen molar-refractivity contribution < 1.29 is 0 Å². The van der Waals surface area contributed by atoms with Gasteiger partial charge in [-0.05, 0) is 58.5 Å². The highest BCUT2D eigenvalue weighted by atomic mass is 32.2. The van der Waals surface area contributed by atoms with E-state index in [1.165, 1.54) is 27.3 Å². The molecule has 2 nitrogen and oxygen atoms in total. The zero-order valence-electron chi connectivity index (χ0n) is 14.1. The van der Waals surface area contributed by atoms with Gasteiger partial charge in [0.15, 0.2) is 0 Å². The fraction of sp³-hybridized carbons (Fsp3) is 0.400. The molecule has 2 aliphatic rings. The van der Waals surface area contributed by atoms with Crippen LogP contribution in [0.1, 0.15) is 53.6 Å². The highest BCUT2D eigenvalue weighted by Crippen LogP contribution is 2.40. The number of rotatable bonds is 3. The van der Waals surface area contributed by atoms with Gasteiger partial charge in [0.25, 0.3) is 0 Å². The van der Waals surface area contributed by atoms with Crippen molar-refractivity contribution in [1.29, 1.82) is 0 Å². The number of hydrogen-bond acceptors (Lipinski definition) is 3. The molecule has 2 aliphatic heterocycles. The van der Waals surface area contributed by atoms with Crippen molar-refractivity contribution in [3.63, 3.8) is 0 Å². The van der Waals surface area contributed by atoms with Crippen molar-refractivity contribution in [2.75, 3.05) is 11.6 Å². The Hall–Kier alpha value is -1.45. The van der Waals surface area contributed by atoms with Gasteiger partial charge < -0.3 is 10.6 Å². The largest absolute Gasteiger partial charge is 0.378 e. The number of fused-ring (bicyclic) bond motifs is 2. The summed E-state index contributed by atoms with van der Waals surface area (Å²) < 4.78 is 0. The smallest absolute Gasteiger partial charge is 0.0557 e. The molecule has 0 fully saturated rings. The Morgan fingerprint density at radius 1 is 1.09 bits per heavy atom. The minimum absolute atomic E-state index is 0.408. The minimum atomic E-state index is 0.408. The summed E-state index contributed by atoms with van der Waals surface area (Å²) in [7, 11) is 0. The molecule has 2 heterocycles. The highest BCUT2D eigenvalue weighted by Gasteiger charge is 2.28. The average molecular weight is 324 g/mol. The van der Waals surface area contributed by atoms with Crippen molar-refractivity contribution in [3.8, 4) is 0 Å². The normalized spacial score (nSPS) is 18.9. The Bertz CT molecular complexity index is 752. The fourth-order valence-electron chi connectivity index (χ4n) is 4.05. The quantitative estimate of drug-likeness (QED) is 0.790. The molecule has 0 saturated carbocycles. The van der Waals surface area contributed by atoms with Gasteiger partial charge in [-0.3, -0.25) is 0 Å². The zero-order valence-corrected chi connectivity index (χ0v) is 14.9. The van der Waals surface area contributed by atoms with E-state index in [9.17, 15) is 0 Å². The van der Waals surface area contributed by atoms with Crippen LogP contribution in [0.15, 0.2) is 35.2 Å². The monoisotopic (exact) mass is 324 g/mol. The van der Waals surface area contributed by atoms with Crippen LogP contribution >= 0.6 is 11.8 Å². The highest BCUT2D eigenvalue weighted by molar-refractivity contribution is 7.98. The molecule has 4 rings (SSSR count). The van der Waals surface area contributed by atoms with Crippen LogP contribution in [0.5, 0.6) is 0 Å². The van der Waals surface area contributed by atoms with Crippen LogP contribution in [-0.2, 0) is 19.5 Å². The van der Waals surface area contributed by atoms with Crippen LogP contribution < -0.4 is 10.6 Å². The molecule has 0 bridgehead atoms. The molecule has 0 amide bonds. The second-order valence-electron chi connectivity index (χ2n) is 6.89. The first-order chi connectivity index (χ1) is 11.2. The summed E-state index contributed by atoms with van der Waals surface area (Å²) in [4.78, 5) is 1.33. The topological polar surface area (TPSA) is 24.1 Å². The van der Waals surface area contributed by atoms with Gasteiger partial charge in [0, 0.05) is 23.7 Å². The molecule has 2 aromatic rings. The van der Waals surface area contributed by atoms with Gasteiger partial charge in [0.05, 0.1) is 6.04 Å². The first-order valence-electron chi connectivity index (χ1n) is 8.46. The van der Waals surface area contributed by atoms with Gasteiger partial charge in [-0.2, -0.15) is 0 Å². The van der Waals surface area contributed by atoms with E-state index in [0.29, 0.717) is 12.0 Å². The third-order valence-corrected chi connectivity index (χ3v) is 5.85. The van der Waals surface area contributed by atoms with Crippen molar-refractivity contribution in [2.24, 2.45) is 0 Å². The number of hydrogen-bond donors (Lipinski definition) is 2. The predicted octanol–water partition coefficient (Wildman–Crippen LogP) is 4.84. The van der Waals surface area contributed by atoms with Gasteiger partial charge in [0.2, 0.25) is 0 Å². The minimum Gasteiger partial charge on any atom is -0.378 e. The van der Waals surface area contributed by atoms with Crippen LogP contribution in [0.3, 0.4) is 0 Å². The molecule has 0 aromatic heterocycles. The first kappa shape index (κ1) is 15.1. The van der Waals surface area contributed by atoms with E-state index in [4.69, 9.17) is 0 Å². The summed E-state index contributed by atoms with van der Waals surface area (Å²) in [6.45, 7) is 6.69. The van der Waals surface area contributed by atoms with E-state index in [0.717, 1.165) is 19.5 Å². The van der Waals surface area contributed by atoms with Gasteiger partial charge >= 0.3 is 0 Å². The molecule has 1 unspecified atom stereocenters. The van der Waals surface area contributed by atoms with E-state index < -0.39 is 0 Å². The molecule has 2 N–H and O–H groups in total. The van der Waals surface area contributed by atoms with Gasteiger partial charge in [-0.15, -0.1) is 11.8 Å². The molecule has 0 aliphatic carbocycles. The van der Waals surface area contributed by atoms with Gasteiger partial charge in [-0.25, -0.2) is 0 Å². The maximum absolute atomic E-state index is 3.78. The Balaban J connectivity index is 1.72. The van der Waals surface area contributed by atoms with Crippen LogP contribution in [0, 0.1) is 0 Å². The van der Waals surface area contributed by atoms with Gasteiger partial charge in [0.1, 0.15) is 0 Å². The molecule has 0 radical (unpaired) electrons.